The van der Waals surface area contributed by atoms with Gasteiger partial charge in [-0.1, -0.05) is 51.1 Å². The quantitative estimate of drug-likeness (QED) is 0.272. The molecular formula is C25H35FO5SSi. The number of halogens is 1. The molecule has 0 saturated heterocycles. The van der Waals surface area contributed by atoms with E-state index >= 15 is 4.39 Å². The molecule has 8 heteroatoms. The van der Waals surface area contributed by atoms with Crippen LogP contribution in [0.4, 0.5) is 4.39 Å². The Morgan fingerprint density at radius 3 is 2.15 bits per heavy atom. The van der Waals surface area contributed by atoms with E-state index < -0.39 is 23.3 Å². The van der Waals surface area contributed by atoms with Gasteiger partial charge in [0.2, 0.25) is 15.0 Å². The summed E-state index contributed by atoms with van der Waals surface area (Å²) in [4.78, 5) is -0.0773. The molecule has 0 aliphatic carbocycles. The zero-order valence-electron chi connectivity index (χ0n) is 20.4. The molecule has 0 aromatic heterocycles. The molecule has 0 aliphatic rings. The lowest BCUT2D eigenvalue weighted by molar-refractivity contribution is 0.121. The van der Waals surface area contributed by atoms with E-state index in [1.807, 2.05) is 37.4 Å². The lowest BCUT2D eigenvalue weighted by Crippen LogP contribution is -2.41. The molecule has 0 unspecified atom stereocenters. The molecule has 0 bridgehead atoms. The van der Waals surface area contributed by atoms with Gasteiger partial charge >= 0.3 is 0 Å². The number of benzene rings is 2. The van der Waals surface area contributed by atoms with Crippen molar-refractivity contribution < 1.29 is 26.7 Å². The van der Waals surface area contributed by atoms with Crippen molar-refractivity contribution in [1.82, 2.24) is 0 Å². The third-order valence-electron chi connectivity index (χ3n) is 5.96. The van der Waals surface area contributed by atoms with E-state index in [4.69, 9.17) is 13.9 Å². The smallest absolute Gasteiger partial charge is 0.233 e. The molecule has 0 aliphatic heterocycles. The predicted octanol–water partition coefficient (Wildman–Crippen LogP) is 6.28. The average Bonchev–Trinajstić information content (AvgIpc) is 2.78. The Hall–Kier alpha value is -2.00. The molecule has 0 spiro atoms. The largest absolute Gasteiger partial charge is 0.497 e. The number of sulfone groups is 1. The number of ether oxygens (including phenoxy) is 2. The van der Waals surface area contributed by atoms with Crippen LogP contribution in [-0.4, -0.2) is 37.1 Å². The van der Waals surface area contributed by atoms with Gasteiger partial charge in [0.1, 0.15) is 5.75 Å². The van der Waals surface area contributed by atoms with E-state index in [-0.39, 0.29) is 35.1 Å². The summed E-state index contributed by atoms with van der Waals surface area (Å²) in [5.41, 5.74) is 1.04. The Bertz CT molecular complexity index is 1030. The van der Waals surface area contributed by atoms with Crippen molar-refractivity contribution in [3.63, 3.8) is 0 Å². The lowest BCUT2D eigenvalue weighted by Gasteiger charge is -2.36. The van der Waals surface area contributed by atoms with Crippen LogP contribution in [0.2, 0.25) is 18.1 Å². The first-order valence-electron chi connectivity index (χ1n) is 10.9. The van der Waals surface area contributed by atoms with Gasteiger partial charge in [-0.2, -0.15) is 4.39 Å². The third-order valence-corrected chi connectivity index (χ3v) is 12.1. The fraction of sp³-hybridized carbons (Fsp3) is 0.440. The molecule has 0 N–H and O–H groups in total. The minimum Gasteiger partial charge on any atom is -0.497 e. The highest BCUT2D eigenvalue weighted by molar-refractivity contribution is 7.95. The van der Waals surface area contributed by atoms with Crippen molar-refractivity contribution in [3.05, 3.63) is 70.9 Å². The average molecular weight is 495 g/mol. The van der Waals surface area contributed by atoms with E-state index in [1.165, 1.54) is 12.1 Å². The maximum atomic E-state index is 15.4. The van der Waals surface area contributed by atoms with Crippen LogP contribution in [0.1, 0.15) is 32.8 Å². The SMILES string of the molecule is COc1ccc(COCC/C(CO[Si](C)(C)C(C)(C)C)=C(\F)S(=O)(=O)c2ccccc2)cc1. The van der Waals surface area contributed by atoms with Crippen molar-refractivity contribution in [2.45, 2.75) is 56.8 Å². The number of hydrogen-bond donors (Lipinski definition) is 0. The maximum Gasteiger partial charge on any atom is 0.233 e. The summed E-state index contributed by atoms with van der Waals surface area (Å²) in [6.45, 7) is 10.8. The predicted molar refractivity (Wildman–Crippen MR) is 132 cm³/mol. The summed E-state index contributed by atoms with van der Waals surface area (Å²) in [6.07, 6.45) is 0.114. The van der Waals surface area contributed by atoms with Gasteiger partial charge in [-0.15, -0.1) is 0 Å². The normalized spacial score (nSPS) is 13.5. The van der Waals surface area contributed by atoms with E-state index in [0.29, 0.717) is 6.61 Å². The van der Waals surface area contributed by atoms with Crippen molar-refractivity contribution in [2.24, 2.45) is 0 Å². The Kier molecular flexibility index (Phi) is 9.43. The van der Waals surface area contributed by atoms with E-state index in [9.17, 15) is 8.42 Å². The van der Waals surface area contributed by atoms with E-state index in [2.05, 4.69) is 20.8 Å². The lowest BCUT2D eigenvalue weighted by atomic mass is 10.2. The Labute approximate surface area is 198 Å². The molecule has 0 amide bonds. The van der Waals surface area contributed by atoms with E-state index in [0.717, 1.165) is 11.3 Å². The topological polar surface area (TPSA) is 61.8 Å². The minimum atomic E-state index is -4.26. The highest BCUT2D eigenvalue weighted by atomic mass is 32.2. The number of hydrogen-bond acceptors (Lipinski definition) is 5. The van der Waals surface area contributed by atoms with Crippen LogP contribution in [0, 0.1) is 0 Å². The van der Waals surface area contributed by atoms with Gasteiger partial charge in [0.05, 0.1) is 31.8 Å². The van der Waals surface area contributed by atoms with Crippen LogP contribution in [0.5, 0.6) is 5.75 Å². The van der Waals surface area contributed by atoms with Gasteiger partial charge in [-0.25, -0.2) is 8.42 Å². The monoisotopic (exact) mass is 494 g/mol. The summed E-state index contributed by atoms with van der Waals surface area (Å²) in [5.74, 6) is 0.750. The molecule has 33 heavy (non-hydrogen) atoms. The molecule has 0 fully saturated rings. The van der Waals surface area contributed by atoms with Crippen molar-refractivity contribution in [2.75, 3.05) is 20.3 Å². The van der Waals surface area contributed by atoms with Gasteiger partial charge in [0.25, 0.3) is 0 Å². The zero-order valence-corrected chi connectivity index (χ0v) is 22.2. The molecule has 2 aromatic carbocycles. The maximum absolute atomic E-state index is 15.4. The summed E-state index contributed by atoms with van der Waals surface area (Å²) in [5, 5.41) is -1.24. The molecule has 0 saturated carbocycles. The minimum absolute atomic E-state index is 0.0773. The first-order valence-corrected chi connectivity index (χ1v) is 15.3. The van der Waals surface area contributed by atoms with Crippen LogP contribution < -0.4 is 4.74 Å². The third kappa shape index (κ3) is 7.50. The molecular weight excluding hydrogens is 459 g/mol. The van der Waals surface area contributed by atoms with Gasteiger partial charge in [-0.3, -0.25) is 0 Å². The molecule has 182 valence electrons. The van der Waals surface area contributed by atoms with Crippen LogP contribution in [0.15, 0.2) is 70.2 Å². The molecule has 0 radical (unpaired) electrons. The first kappa shape index (κ1) is 27.2. The van der Waals surface area contributed by atoms with Gasteiger partial charge in [0, 0.05) is 5.57 Å². The summed E-state index contributed by atoms with van der Waals surface area (Å²) < 4.78 is 58.2. The second-order valence-corrected chi connectivity index (χ2v) is 16.0. The second kappa shape index (κ2) is 11.4. The van der Waals surface area contributed by atoms with Crippen LogP contribution >= 0.6 is 0 Å². The van der Waals surface area contributed by atoms with Gasteiger partial charge in [0.15, 0.2) is 8.32 Å². The van der Waals surface area contributed by atoms with Crippen LogP contribution in [0.3, 0.4) is 0 Å². The van der Waals surface area contributed by atoms with Gasteiger partial charge in [-0.05, 0) is 54.4 Å². The standard InChI is InChI=1S/C25H35FO5SSi/c1-25(2,3)33(5,6)31-19-21(24(26)32(27,28)23-10-8-7-9-11-23)16-17-30-18-20-12-14-22(29-4)15-13-20/h7-15H,16-19H2,1-6H3/b24-21-. The molecule has 2 aromatic rings. The fourth-order valence-electron chi connectivity index (χ4n) is 2.71. The van der Waals surface area contributed by atoms with Crippen LogP contribution in [0.25, 0.3) is 0 Å². The van der Waals surface area contributed by atoms with Crippen molar-refractivity contribution in [3.8, 4) is 5.75 Å². The highest BCUT2D eigenvalue weighted by Crippen LogP contribution is 2.37. The van der Waals surface area contributed by atoms with Crippen LogP contribution in [-0.2, 0) is 25.6 Å². The Morgan fingerprint density at radius 1 is 1.00 bits per heavy atom. The van der Waals surface area contributed by atoms with Crippen molar-refractivity contribution in [1.29, 1.82) is 0 Å². The number of methoxy groups -OCH3 is 1. The molecule has 0 atom stereocenters. The fourth-order valence-corrected chi connectivity index (χ4v) is 4.94. The first-order chi connectivity index (χ1) is 15.4. The van der Waals surface area contributed by atoms with Gasteiger partial charge < -0.3 is 13.9 Å². The van der Waals surface area contributed by atoms with Crippen molar-refractivity contribution >= 4 is 18.2 Å². The summed E-state index contributed by atoms with van der Waals surface area (Å²) >= 11 is 0. The summed E-state index contributed by atoms with van der Waals surface area (Å²) in [6, 6.07) is 15.1. The Morgan fingerprint density at radius 2 is 1.61 bits per heavy atom. The molecule has 2 rings (SSSR count). The summed E-state index contributed by atoms with van der Waals surface area (Å²) in [7, 11) is -4.87. The number of rotatable bonds is 11. The molecule has 5 nitrogen and oxygen atoms in total. The second-order valence-electron chi connectivity index (χ2n) is 9.39. The molecule has 0 heterocycles. The highest BCUT2D eigenvalue weighted by Gasteiger charge is 2.37. The van der Waals surface area contributed by atoms with E-state index in [1.54, 1.807) is 25.3 Å². The zero-order chi connectivity index (χ0) is 24.7. The Balaban J connectivity index is 2.18.